The average Bonchev–Trinajstić information content (AvgIpc) is 2.85. The van der Waals surface area contributed by atoms with Gasteiger partial charge in [-0.05, 0) is 32.3 Å². The third-order valence-electron chi connectivity index (χ3n) is 5.01. The predicted octanol–water partition coefficient (Wildman–Crippen LogP) is 3.42. The summed E-state index contributed by atoms with van der Waals surface area (Å²) in [7, 11) is 0. The van der Waals surface area contributed by atoms with Crippen molar-refractivity contribution < 1.29 is 4.79 Å². The summed E-state index contributed by atoms with van der Waals surface area (Å²) in [6, 6.07) is 10.4. The van der Waals surface area contributed by atoms with Crippen LogP contribution in [-0.2, 0) is 13.1 Å². The number of carbonyl (C=O) groups is 1. The maximum absolute atomic E-state index is 12.6. The fourth-order valence-corrected chi connectivity index (χ4v) is 3.62. The van der Waals surface area contributed by atoms with Crippen LogP contribution >= 0.6 is 0 Å². The Balaban J connectivity index is 1.67. The third kappa shape index (κ3) is 2.90. The molecule has 1 N–H and O–H groups in total. The highest BCUT2D eigenvalue weighted by atomic mass is 16.2. The second-order valence-electron chi connectivity index (χ2n) is 6.61. The zero-order chi connectivity index (χ0) is 17.3. The molecular weight excluding hydrogens is 300 g/mol. The molecule has 5 heteroatoms. The number of aromatic nitrogens is 2. The van der Waals surface area contributed by atoms with Gasteiger partial charge in [0.25, 0.3) is 0 Å². The first-order chi connectivity index (χ1) is 11.5. The van der Waals surface area contributed by atoms with Crippen LogP contribution < -0.4 is 5.32 Å². The van der Waals surface area contributed by atoms with Gasteiger partial charge in [-0.2, -0.15) is 5.10 Å². The second kappa shape index (κ2) is 6.67. The highest BCUT2D eigenvalue weighted by molar-refractivity contribution is 5.76. The number of benzene rings is 1. The summed E-state index contributed by atoms with van der Waals surface area (Å²) in [6.45, 7) is 10.5. The Labute approximate surface area is 143 Å². The monoisotopic (exact) mass is 326 g/mol. The smallest absolute Gasteiger partial charge is 0.318 e. The molecule has 0 bridgehead atoms. The van der Waals surface area contributed by atoms with E-state index in [9.17, 15) is 4.79 Å². The van der Waals surface area contributed by atoms with Gasteiger partial charge in [0, 0.05) is 30.9 Å². The number of hydrogen-bond donors (Lipinski definition) is 1. The summed E-state index contributed by atoms with van der Waals surface area (Å²) in [5.74, 6) is 0.490. The molecule has 5 nitrogen and oxygen atoms in total. The van der Waals surface area contributed by atoms with Crippen molar-refractivity contribution in [3.05, 3.63) is 52.8 Å². The molecule has 2 aromatic rings. The fraction of sp³-hybridized carbons (Fsp3) is 0.474. The largest absolute Gasteiger partial charge is 0.334 e. The van der Waals surface area contributed by atoms with Gasteiger partial charge in [0.2, 0.25) is 0 Å². The molecule has 0 saturated carbocycles. The van der Waals surface area contributed by atoms with Crippen molar-refractivity contribution in [2.45, 2.75) is 46.8 Å². The van der Waals surface area contributed by atoms with E-state index in [1.54, 1.807) is 0 Å². The standard InChI is InChI=1S/C19H26N4O/c1-5-23-15(4)17(14(3)21-23)11-20-19(24)22-12-13(2)18(22)16-9-7-6-8-10-16/h6-10,13,18H,5,11-12H2,1-4H3,(H,20,24). The Morgan fingerprint density at radius 2 is 2.00 bits per heavy atom. The van der Waals surface area contributed by atoms with Crippen molar-refractivity contribution in [3.8, 4) is 0 Å². The van der Waals surface area contributed by atoms with Crippen LogP contribution in [0.15, 0.2) is 30.3 Å². The minimum Gasteiger partial charge on any atom is -0.334 e. The van der Waals surface area contributed by atoms with E-state index < -0.39 is 0 Å². The topological polar surface area (TPSA) is 50.2 Å². The summed E-state index contributed by atoms with van der Waals surface area (Å²) >= 11 is 0. The summed E-state index contributed by atoms with van der Waals surface area (Å²) in [4.78, 5) is 14.5. The second-order valence-corrected chi connectivity index (χ2v) is 6.61. The Morgan fingerprint density at radius 1 is 1.29 bits per heavy atom. The van der Waals surface area contributed by atoms with Gasteiger partial charge in [-0.25, -0.2) is 4.79 Å². The van der Waals surface area contributed by atoms with Crippen molar-refractivity contribution in [1.82, 2.24) is 20.0 Å². The molecule has 24 heavy (non-hydrogen) atoms. The van der Waals surface area contributed by atoms with Crippen LogP contribution in [0.3, 0.4) is 0 Å². The normalized spacial score (nSPS) is 19.9. The van der Waals surface area contributed by atoms with E-state index >= 15 is 0 Å². The predicted molar refractivity (Wildman–Crippen MR) is 94.7 cm³/mol. The highest BCUT2D eigenvalue weighted by Gasteiger charge is 2.39. The molecule has 2 atom stereocenters. The van der Waals surface area contributed by atoms with Crippen LogP contribution in [0.2, 0.25) is 0 Å². The SMILES string of the molecule is CCn1nc(C)c(CNC(=O)N2CC(C)C2c2ccccc2)c1C. The van der Waals surface area contributed by atoms with E-state index in [1.807, 2.05) is 34.7 Å². The lowest BCUT2D eigenvalue weighted by molar-refractivity contribution is 0.0590. The summed E-state index contributed by atoms with van der Waals surface area (Å²) in [5.41, 5.74) is 4.45. The Morgan fingerprint density at radius 3 is 2.58 bits per heavy atom. The lowest BCUT2D eigenvalue weighted by atomic mass is 9.85. The van der Waals surface area contributed by atoms with Crippen LogP contribution in [0.1, 0.15) is 42.4 Å². The van der Waals surface area contributed by atoms with Gasteiger partial charge >= 0.3 is 6.03 Å². The van der Waals surface area contributed by atoms with Crippen molar-refractivity contribution in [3.63, 3.8) is 0 Å². The van der Waals surface area contributed by atoms with E-state index in [2.05, 4.69) is 43.3 Å². The first-order valence-corrected chi connectivity index (χ1v) is 8.65. The number of aryl methyl sites for hydroxylation is 2. The van der Waals surface area contributed by atoms with Gasteiger partial charge in [0.15, 0.2) is 0 Å². The molecule has 3 rings (SSSR count). The Kier molecular flexibility index (Phi) is 4.60. The van der Waals surface area contributed by atoms with Crippen molar-refractivity contribution in [1.29, 1.82) is 0 Å². The number of hydrogen-bond acceptors (Lipinski definition) is 2. The minimum absolute atomic E-state index is 0.00463. The van der Waals surface area contributed by atoms with E-state index in [-0.39, 0.29) is 12.1 Å². The third-order valence-corrected chi connectivity index (χ3v) is 5.01. The molecule has 0 spiro atoms. The Bertz CT molecular complexity index is 722. The maximum atomic E-state index is 12.6. The number of nitrogens with one attached hydrogen (secondary N) is 1. The number of amides is 2. The van der Waals surface area contributed by atoms with Gasteiger partial charge in [-0.3, -0.25) is 4.68 Å². The van der Waals surface area contributed by atoms with E-state index in [1.165, 1.54) is 5.56 Å². The molecule has 1 fully saturated rings. The molecule has 1 aromatic carbocycles. The first kappa shape index (κ1) is 16.6. The molecule has 1 aliphatic rings. The van der Waals surface area contributed by atoms with Gasteiger partial charge in [-0.1, -0.05) is 37.3 Å². The van der Waals surface area contributed by atoms with Gasteiger partial charge in [0.1, 0.15) is 0 Å². The summed E-state index contributed by atoms with van der Waals surface area (Å²) in [5, 5.41) is 7.59. The number of nitrogens with zero attached hydrogens (tertiary/aromatic N) is 3. The summed E-state index contributed by atoms with van der Waals surface area (Å²) < 4.78 is 1.98. The van der Waals surface area contributed by atoms with E-state index in [4.69, 9.17) is 0 Å². The Hall–Kier alpha value is -2.30. The lowest BCUT2D eigenvalue weighted by Crippen LogP contribution is -2.54. The van der Waals surface area contributed by atoms with Crippen LogP contribution in [0.5, 0.6) is 0 Å². The fourth-order valence-electron chi connectivity index (χ4n) is 3.62. The first-order valence-electron chi connectivity index (χ1n) is 8.65. The van der Waals surface area contributed by atoms with Gasteiger partial charge in [0.05, 0.1) is 11.7 Å². The molecular formula is C19H26N4O. The zero-order valence-electron chi connectivity index (χ0n) is 14.9. The van der Waals surface area contributed by atoms with Crippen LogP contribution in [0.4, 0.5) is 4.79 Å². The quantitative estimate of drug-likeness (QED) is 0.936. The zero-order valence-corrected chi connectivity index (χ0v) is 14.9. The number of likely N-dealkylation sites (tertiary alicyclic amines) is 1. The van der Waals surface area contributed by atoms with Crippen LogP contribution in [0, 0.1) is 19.8 Å². The molecule has 1 aliphatic heterocycles. The molecule has 0 aliphatic carbocycles. The number of urea groups is 1. The van der Waals surface area contributed by atoms with E-state index in [0.29, 0.717) is 12.5 Å². The van der Waals surface area contributed by atoms with Crippen molar-refractivity contribution in [2.24, 2.45) is 5.92 Å². The molecule has 2 heterocycles. The van der Waals surface area contributed by atoms with Gasteiger partial charge in [-0.15, -0.1) is 0 Å². The van der Waals surface area contributed by atoms with Crippen LogP contribution in [-0.4, -0.2) is 27.3 Å². The van der Waals surface area contributed by atoms with Crippen molar-refractivity contribution >= 4 is 6.03 Å². The highest BCUT2D eigenvalue weighted by Crippen LogP contribution is 2.38. The van der Waals surface area contributed by atoms with E-state index in [0.717, 1.165) is 30.0 Å². The number of carbonyl (C=O) groups excluding carboxylic acids is 1. The lowest BCUT2D eigenvalue weighted by Gasteiger charge is -2.46. The maximum Gasteiger partial charge on any atom is 0.318 e. The molecule has 128 valence electrons. The average molecular weight is 326 g/mol. The van der Waals surface area contributed by atoms with Crippen LogP contribution in [0.25, 0.3) is 0 Å². The van der Waals surface area contributed by atoms with Gasteiger partial charge < -0.3 is 10.2 Å². The number of rotatable bonds is 4. The van der Waals surface area contributed by atoms with Crippen molar-refractivity contribution in [2.75, 3.05) is 6.54 Å². The molecule has 2 unspecified atom stereocenters. The molecule has 1 saturated heterocycles. The molecule has 0 radical (unpaired) electrons. The summed E-state index contributed by atoms with van der Waals surface area (Å²) in [6.07, 6.45) is 0. The molecule has 1 aromatic heterocycles. The minimum atomic E-state index is 0.00463. The molecule has 2 amide bonds.